The standard InChI is InChI=1S/C16H18BrN3O2S/c1-19(2)11-6-7-20(9-11)14-10(4-3-5-12(14)17)8-13-15(21)18-16(22)23-13/h3-5,8,11H,6-7,9H2,1-2H3,(H,18,21,22)/b13-8+/t11-/m0/s1. The molecule has 1 aromatic rings. The van der Waals surface area contributed by atoms with E-state index in [1.54, 1.807) is 6.08 Å². The first kappa shape index (κ1) is 16.5. The minimum Gasteiger partial charge on any atom is -0.369 e. The minimum absolute atomic E-state index is 0.313. The average molecular weight is 396 g/mol. The largest absolute Gasteiger partial charge is 0.369 e. The van der Waals surface area contributed by atoms with Crippen molar-refractivity contribution in [2.45, 2.75) is 12.5 Å². The molecule has 0 bridgehead atoms. The van der Waals surface area contributed by atoms with Crippen LogP contribution in [-0.2, 0) is 4.79 Å². The van der Waals surface area contributed by atoms with Gasteiger partial charge in [0.25, 0.3) is 11.1 Å². The summed E-state index contributed by atoms with van der Waals surface area (Å²) in [5.41, 5.74) is 2.03. The summed E-state index contributed by atoms with van der Waals surface area (Å²) < 4.78 is 1.00. The maximum Gasteiger partial charge on any atom is 0.290 e. The maximum atomic E-state index is 11.8. The Labute approximate surface area is 148 Å². The van der Waals surface area contributed by atoms with E-state index in [1.165, 1.54) is 0 Å². The van der Waals surface area contributed by atoms with Crippen LogP contribution in [0.4, 0.5) is 10.5 Å². The van der Waals surface area contributed by atoms with Gasteiger partial charge in [-0.1, -0.05) is 12.1 Å². The highest BCUT2D eigenvalue weighted by Crippen LogP contribution is 2.36. The molecular weight excluding hydrogens is 378 g/mol. The molecule has 1 aromatic carbocycles. The van der Waals surface area contributed by atoms with Gasteiger partial charge in [0.15, 0.2) is 0 Å². The fourth-order valence-corrected chi connectivity index (χ4v) is 4.22. The van der Waals surface area contributed by atoms with Crippen molar-refractivity contribution in [1.29, 1.82) is 0 Å². The molecule has 2 heterocycles. The van der Waals surface area contributed by atoms with Crippen molar-refractivity contribution in [2.24, 2.45) is 0 Å². The van der Waals surface area contributed by atoms with E-state index < -0.39 is 0 Å². The maximum absolute atomic E-state index is 11.8. The summed E-state index contributed by atoms with van der Waals surface area (Å²) in [5, 5.41) is 1.98. The number of hydrogen-bond donors (Lipinski definition) is 1. The highest BCUT2D eigenvalue weighted by atomic mass is 79.9. The zero-order valence-corrected chi connectivity index (χ0v) is 15.4. The van der Waals surface area contributed by atoms with E-state index >= 15 is 0 Å². The minimum atomic E-state index is -0.321. The van der Waals surface area contributed by atoms with Crippen LogP contribution in [0.3, 0.4) is 0 Å². The number of likely N-dealkylation sites (N-methyl/N-ethyl adjacent to an activating group) is 1. The van der Waals surface area contributed by atoms with E-state index in [1.807, 2.05) is 18.2 Å². The van der Waals surface area contributed by atoms with Crippen LogP contribution in [0.2, 0.25) is 0 Å². The van der Waals surface area contributed by atoms with Gasteiger partial charge in [-0.2, -0.15) is 0 Å². The molecule has 23 heavy (non-hydrogen) atoms. The molecule has 0 radical (unpaired) electrons. The van der Waals surface area contributed by atoms with E-state index in [-0.39, 0.29) is 11.1 Å². The number of nitrogens with one attached hydrogen (secondary N) is 1. The van der Waals surface area contributed by atoms with E-state index in [9.17, 15) is 9.59 Å². The number of rotatable bonds is 3. The smallest absolute Gasteiger partial charge is 0.290 e. The van der Waals surface area contributed by atoms with Gasteiger partial charge in [-0.25, -0.2) is 0 Å². The lowest BCUT2D eigenvalue weighted by Gasteiger charge is -2.24. The van der Waals surface area contributed by atoms with Crippen LogP contribution in [0.25, 0.3) is 6.08 Å². The Morgan fingerprint density at radius 2 is 2.17 bits per heavy atom. The first-order valence-corrected chi connectivity index (χ1v) is 9.01. The monoisotopic (exact) mass is 395 g/mol. The third-order valence-electron chi connectivity index (χ3n) is 4.16. The second-order valence-electron chi connectivity index (χ2n) is 5.88. The van der Waals surface area contributed by atoms with Crippen molar-refractivity contribution in [3.8, 4) is 0 Å². The highest BCUT2D eigenvalue weighted by molar-refractivity contribution is 9.10. The summed E-state index contributed by atoms with van der Waals surface area (Å²) in [6, 6.07) is 6.45. The van der Waals surface area contributed by atoms with Crippen molar-refractivity contribution in [2.75, 3.05) is 32.1 Å². The van der Waals surface area contributed by atoms with Crippen molar-refractivity contribution in [3.05, 3.63) is 33.1 Å². The van der Waals surface area contributed by atoms with Gasteiger partial charge in [-0.15, -0.1) is 0 Å². The number of imide groups is 1. The van der Waals surface area contributed by atoms with Gasteiger partial charge in [0.05, 0.1) is 10.6 Å². The molecule has 1 N–H and O–H groups in total. The van der Waals surface area contributed by atoms with Crippen LogP contribution in [0.1, 0.15) is 12.0 Å². The molecule has 7 heteroatoms. The molecule has 2 aliphatic rings. The molecule has 0 aromatic heterocycles. The molecule has 0 aliphatic carbocycles. The first-order valence-electron chi connectivity index (χ1n) is 7.40. The van der Waals surface area contributed by atoms with E-state index in [0.717, 1.165) is 47.0 Å². The predicted molar refractivity (Wildman–Crippen MR) is 97.6 cm³/mol. The Balaban J connectivity index is 1.94. The quantitative estimate of drug-likeness (QED) is 0.797. The normalized spacial score (nSPS) is 23.2. The van der Waals surface area contributed by atoms with E-state index in [4.69, 9.17) is 0 Å². The number of nitrogens with zero attached hydrogens (tertiary/aromatic N) is 2. The van der Waals surface area contributed by atoms with Crippen molar-refractivity contribution in [3.63, 3.8) is 0 Å². The Hall–Kier alpha value is -1.31. The summed E-state index contributed by atoms with van der Waals surface area (Å²) >= 11 is 4.58. The number of benzene rings is 1. The number of carbonyl (C=O) groups is 2. The molecule has 122 valence electrons. The Morgan fingerprint density at radius 3 is 2.78 bits per heavy atom. The van der Waals surface area contributed by atoms with E-state index in [2.05, 4.69) is 45.1 Å². The number of thioether (sulfide) groups is 1. The zero-order valence-electron chi connectivity index (χ0n) is 13.0. The Morgan fingerprint density at radius 1 is 1.39 bits per heavy atom. The Kier molecular flexibility index (Phi) is 4.79. The lowest BCUT2D eigenvalue weighted by molar-refractivity contribution is -0.115. The summed E-state index contributed by atoms with van der Waals surface area (Å²) in [7, 11) is 4.20. The van der Waals surface area contributed by atoms with Crippen LogP contribution in [0.5, 0.6) is 0 Å². The Bertz CT molecular complexity index is 690. The molecule has 5 nitrogen and oxygen atoms in total. The third-order valence-corrected chi connectivity index (χ3v) is 5.61. The second-order valence-corrected chi connectivity index (χ2v) is 7.75. The number of hydrogen-bond acceptors (Lipinski definition) is 5. The summed E-state index contributed by atoms with van der Waals surface area (Å²) in [5.74, 6) is -0.321. The predicted octanol–water partition coefficient (Wildman–Crippen LogP) is 2.91. The second kappa shape index (κ2) is 6.67. The van der Waals surface area contributed by atoms with Crippen molar-refractivity contribution in [1.82, 2.24) is 10.2 Å². The number of para-hydroxylation sites is 1. The van der Waals surface area contributed by atoms with Crippen LogP contribution in [0, 0.1) is 0 Å². The van der Waals surface area contributed by atoms with Crippen molar-refractivity contribution >= 4 is 50.6 Å². The van der Waals surface area contributed by atoms with Crippen LogP contribution in [-0.4, -0.2) is 49.3 Å². The number of anilines is 1. The molecule has 0 unspecified atom stereocenters. The third kappa shape index (κ3) is 3.46. The fraction of sp³-hybridized carbons (Fsp3) is 0.375. The molecule has 2 aliphatic heterocycles. The highest BCUT2D eigenvalue weighted by Gasteiger charge is 2.28. The lowest BCUT2D eigenvalue weighted by atomic mass is 10.1. The summed E-state index contributed by atoms with van der Waals surface area (Å²) in [6.07, 6.45) is 2.91. The fourth-order valence-electron chi connectivity index (χ4n) is 2.91. The summed E-state index contributed by atoms with van der Waals surface area (Å²) in [6.45, 7) is 1.92. The summed E-state index contributed by atoms with van der Waals surface area (Å²) in [4.78, 5) is 28.2. The van der Waals surface area contributed by atoms with Crippen molar-refractivity contribution < 1.29 is 9.59 Å². The van der Waals surface area contributed by atoms with Gasteiger partial charge >= 0.3 is 0 Å². The van der Waals surface area contributed by atoms with Gasteiger partial charge in [0.2, 0.25) is 0 Å². The molecule has 2 fully saturated rings. The zero-order chi connectivity index (χ0) is 16.6. The van der Waals surface area contributed by atoms with Gasteiger partial charge in [-0.05, 0) is 60.4 Å². The molecule has 1 atom stereocenters. The van der Waals surface area contributed by atoms with Gasteiger partial charge in [0.1, 0.15) is 0 Å². The molecule has 0 spiro atoms. The van der Waals surface area contributed by atoms with Gasteiger partial charge in [0, 0.05) is 29.2 Å². The molecule has 2 amide bonds. The molecule has 3 rings (SSSR count). The van der Waals surface area contributed by atoms with Crippen LogP contribution in [0.15, 0.2) is 27.6 Å². The topological polar surface area (TPSA) is 52.6 Å². The number of halogens is 1. The van der Waals surface area contributed by atoms with Crippen LogP contribution >= 0.6 is 27.7 Å². The van der Waals surface area contributed by atoms with Crippen LogP contribution < -0.4 is 10.2 Å². The average Bonchev–Trinajstić information content (AvgIpc) is 3.07. The lowest BCUT2D eigenvalue weighted by Crippen LogP contribution is -2.31. The number of carbonyl (C=O) groups excluding carboxylic acids is 2. The number of amides is 2. The van der Waals surface area contributed by atoms with Gasteiger partial charge in [-0.3, -0.25) is 14.9 Å². The first-order chi connectivity index (χ1) is 11.0. The molecule has 0 saturated carbocycles. The molecule has 2 saturated heterocycles. The van der Waals surface area contributed by atoms with Gasteiger partial charge < -0.3 is 9.80 Å². The SMILES string of the molecule is CN(C)[C@H]1CCN(c2c(Br)cccc2/C=C2/SC(=O)NC2=O)C1. The van der Waals surface area contributed by atoms with E-state index in [0.29, 0.717) is 10.9 Å². The molecular formula is C16H18BrN3O2S.